The molecule has 0 aliphatic rings. The number of rotatable bonds is 6. The number of benzene rings is 2. The monoisotopic (exact) mass is 379 g/mol. The number of nitrogens with zero attached hydrogens (tertiary/aromatic N) is 1. The van der Waals surface area contributed by atoms with Gasteiger partial charge in [-0.05, 0) is 48.1 Å². The summed E-state index contributed by atoms with van der Waals surface area (Å²) in [6.07, 6.45) is 2.52. The van der Waals surface area contributed by atoms with Crippen LogP contribution in [0.5, 0.6) is 11.5 Å². The van der Waals surface area contributed by atoms with E-state index in [0.717, 1.165) is 17.2 Å². The van der Waals surface area contributed by atoms with Crippen LogP contribution in [0.15, 0.2) is 42.6 Å². The van der Waals surface area contributed by atoms with Crippen LogP contribution in [0.25, 0.3) is 22.0 Å². The lowest BCUT2D eigenvalue weighted by atomic mass is 9.94. The Balaban J connectivity index is 2.01. The molecule has 1 aromatic heterocycles. The maximum absolute atomic E-state index is 12.2. The number of phenols is 2. The van der Waals surface area contributed by atoms with E-state index >= 15 is 0 Å². The van der Waals surface area contributed by atoms with Crippen molar-refractivity contribution in [2.24, 2.45) is 5.73 Å². The number of hydrogen-bond acceptors (Lipinski definition) is 5. The zero-order chi connectivity index (χ0) is 20.3. The Bertz CT molecular complexity index is 994. The van der Waals surface area contributed by atoms with Gasteiger partial charge in [-0.1, -0.05) is 19.9 Å². The minimum atomic E-state index is -0.182. The van der Waals surface area contributed by atoms with Crippen molar-refractivity contribution in [3.8, 4) is 22.8 Å². The summed E-state index contributed by atoms with van der Waals surface area (Å²) in [4.78, 5) is 16.6. The molecule has 1 unspecified atom stereocenters. The summed E-state index contributed by atoms with van der Waals surface area (Å²) in [5.74, 6) is -0.0190. The van der Waals surface area contributed by atoms with Gasteiger partial charge in [0, 0.05) is 41.4 Å². The van der Waals surface area contributed by atoms with Gasteiger partial charge in [-0.2, -0.15) is 0 Å². The molecule has 0 aliphatic carbocycles. The number of hydrogen-bond donors (Lipinski definition) is 4. The Kier molecular flexibility index (Phi) is 5.80. The maximum Gasteiger partial charge on any atom is 0.251 e. The number of fused-ring (bicyclic) bond motifs is 1. The second-order valence-corrected chi connectivity index (χ2v) is 6.91. The minimum absolute atomic E-state index is 0.0493. The summed E-state index contributed by atoms with van der Waals surface area (Å²) < 4.78 is 0. The number of pyridine rings is 1. The summed E-state index contributed by atoms with van der Waals surface area (Å²) >= 11 is 0. The van der Waals surface area contributed by atoms with Crippen LogP contribution >= 0.6 is 0 Å². The Morgan fingerprint density at radius 3 is 2.50 bits per heavy atom. The van der Waals surface area contributed by atoms with E-state index in [-0.39, 0.29) is 23.3 Å². The summed E-state index contributed by atoms with van der Waals surface area (Å²) in [6, 6.07) is 10.4. The van der Waals surface area contributed by atoms with Crippen molar-refractivity contribution < 1.29 is 15.0 Å². The highest BCUT2D eigenvalue weighted by Gasteiger charge is 2.16. The molecule has 1 heterocycles. The number of amides is 1. The molecule has 0 radical (unpaired) electrons. The SMILES string of the molecule is CCC(C)c1c(O)cc(-c2cc3cc(C(=O)NCCN)ccc3cn2)cc1O. The molecule has 2 aromatic carbocycles. The average molecular weight is 379 g/mol. The smallest absolute Gasteiger partial charge is 0.251 e. The first-order valence-corrected chi connectivity index (χ1v) is 9.39. The Labute approximate surface area is 164 Å². The number of carbonyl (C=O) groups is 1. The predicted molar refractivity (Wildman–Crippen MR) is 111 cm³/mol. The fourth-order valence-electron chi connectivity index (χ4n) is 3.21. The molecule has 1 amide bonds. The van der Waals surface area contributed by atoms with Crippen LogP contribution in [0, 0.1) is 0 Å². The highest BCUT2D eigenvalue weighted by molar-refractivity contribution is 5.99. The van der Waals surface area contributed by atoms with Crippen LogP contribution < -0.4 is 11.1 Å². The molecule has 3 aromatic rings. The summed E-state index contributed by atoms with van der Waals surface area (Å²) in [5.41, 5.74) is 7.73. The van der Waals surface area contributed by atoms with E-state index in [9.17, 15) is 15.0 Å². The number of phenolic OH excluding ortho intramolecular Hbond substituents is 2. The van der Waals surface area contributed by atoms with Crippen molar-refractivity contribution in [3.63, 3.8) is 0 Å². The van der Waals surface area contributed by atoms with E-state index in [1.807, 2.05) is 26.0 Å². The van der Waals surface area contributed by atoms with E-state index in [1.54, 1.807) is 30.5 Å². The number of nitrogens with one attached hydrogen (secondary N) is 1. The number of carbonyl (C=O) groups excluding carboxylic acids is 1. The molecule has 3 rings (SSSR count). The fraction of sp³-hybridized carbons (Fsp3) is 0.273. The van der Waals surface area contributed by atoms with Crippen molar-refractivity contribution >= 4 is 16.7 Å². The molecule has 6 heteroatoms. The third-order valence-corrected chi connectivity index (χ3v) is 4.95. The zero-order valence-electron chi connectivity index (χ0n) is 16.1. The molecule has 28 heavy (non-hydrogen) atoms. The van der Waals surface area contributed by atoms with Gasteiger partial charge in [-0.3, -0.25) is 9.78 Å². The molecule has 6 nitrogen and oxygen atoms in total. The average Bonchev–Trinajstić information content (AvgIpc) is 2.70. The molecular weight excluding hydrogens is 354 g/mol. The van der Waals surface area contributed by atoms with Gasteiger partial charge < -0.3 is 21.3 Å². The molecule has 0 spiro atoms. The van der Waals surface area contributed by atoms with Crippen molar-refractivity contribution in [3.05, 3.63) is 53.7 Å². The molecule has 0 saturated carbocycles. The van der Waals surface area contributed by atoms with Crippen LogP contribution in [0.4, 0.5) is 0 Å². The molecule has 0 saturated heterocycles. The van der Waals surface area contributed by atoms with Gasteiger partial charge in [0.1, 0.15) is 11.5 Å². The van der Waals surface area contributed by atoms with E-state index in [0.29, 0.717) is 35.5 Å². The van der Waals surface area contributed by atoms with Crippen molar-refractivity contribution in [1.82, 2.24) is 10.3 Å². The van der Waals surface area contributed by atoms with Crippen LogP contribution in [-0.2, 0) is 0 Å². The molecule has 5 N–H and O–H groups in total. The third kappa shape index (κ3) is 3.92. The first-order valence-electron chi connectivity index (χ1n) is 9.39. The normalized spacial score (nSPS) is 12.1. The first-order chi connectivity index (χ1) is 13.4. The number of aromatic nitrogens is 1. The summed E-state index contributed by atoms with van der Waals surface area (Å²) in [6.45, 7) is 4.76. The maximum atomic E-state index is 12.2. The number of nitrogens with two attached hydrogens (primary N) is 1. The minimum Gasteiger partial charge on any atom is -0.507 e. The van der Waals surface area contributed by atoms with Gasteiger partial charge in [-0.15, -0.1) is 0 Å². The van der Waals surface area contributed by atoms with Gasteiger partial charge in [0.15, 0.2) is 0 Å². The highest BCUT2D eigenvalue weighted by Crippen LogP contribution is 2.39. The van der Waals surface area contributed by atoms with Crippen LogP contribution in [0.1, 0.15) is 42.1 Å². The van der Waals surface area contributed by atoms with Gasteiger partial charge in [-0.25, -0.2) is 0 Å². The molecule has 1 atom stereocenters. The standard InChI is InChI=1S/C22H25N3O3/c1-3-13(2)21-19(26)10-17(11-20(21)27)18-9-16-8-14(22(28)24-7-6-23)4-5-15(16)12-25-18/h4-5,8-13,26-27H,3,6-7,23H2,1-2H3,(H,24,28). The second kappa shape index (κ2) is 8.27. The van der Waals surface area contributed by atoms with Gasteiger partial charge >= 0.3 is 0 Å². The summed E-state index contributed by atoms with van der Waals surface area (Å²) in [7, 11) is 0. The van der Waals surface area contributed by atoms with Crippen molar-refractivity contribution in [2.75, 3.05) is 13.1 Å². The largest absolute Gasteiger partial charge is 0.507 e. The lowest BCUT2D eigenvalue weighted by Gasteiger charge is -2.15. The second-order valence-electron chi connectivity index (χ2n) is 6.91. The predicted octanol–water partition coefficient (Wildman–Crippen LogP) is 3.52. The zero-order valence-corrected chi connectivity index (χ0v) is 16.1. The first kappa shape index (κ1) is 19.6. The third-order valence-electron chi connectivity index (χ3n) is 4.95. The van der Waals surface area contributed by atoms with Gasteiger partial charge in [0.05, 0.1) is 5.69 Å². The van der Waals surface area contributed by atoms with Crippen molar-refractivity contribution in [1.29, 1.82) is 0 Å². The van der Waals surface area contributed by atoms with E-state index in [2.05, 4.69) is 10.3 Å². The van der Waals surface area contributed by atoms with E-state index in [4.69, 9.17) is 5.73 Å². The van der Waals surface area contributed by atoms with Crippen molar-refractivity contribution in [2.45, 2.75) is 26.2 Å². The fourth-order valence-corrected chi connectivity index (χ4v) is 3.21. The Morgan fingerprint density at radius 1 is 1.14 bits per heavy atom. The van der Waals surface area contributed by atoms with E-state index < -0.39 is 0 Å². The molecule has 0 fully saturated rings. The van der Waals surface area contributed by atoms with Gasteiger partial charge in [0.25, 0.3) is 5.91 Å². The quantitative estimate of drug-likeness (QED) is 0.524. The van der Waals surface area contributed by atoms with Gasteiger partial charge in [0.2, 0.25) is 0 Å². The van der Waals surface area contributed by atoms with Crippen LogP contribution in [0.3, 0.4) is 0 Å². The summed E-state index contributed by atoms with van der Waals surface area (Å²) in [5, 5.41) is 25.3. The highest BCUT2D eigenvalue weighted by atomic mass is 16.3. The van der Waals surface area contributed by atoms with Crippen LogP contribution in [-0.4, -0.2) is 34.2 Å². The topological polar surface area (TPSA) is 108 Å². The van der Waals surface area contributed by atoms with Crippen LogP contribution in [0.2, 0.25) is 0 Å². The lowest BCUT2D eigenvalue weighted by molar-refractivity contribution is 0.0955. The van der Waals surface area contributed by atoms with E-state index in [1.165, 1.54) is 0 Å². The Morgan fingerprint density at radius 2 is 1.86 bits per heavy atom. The number of aromatic hydroxyl groups is 2. The molecule has 146 valence electrons. The molecule has 0 aliphatic heterocycles. The lowest BCUT2D eigenvalue weighted by Crippen LogP contribution is -2.28. The molecular formula is C22H25N3O3. The Hall–Kier alpha value is -3.12. The molecule has 0 bridgehead atoms.